The molecule has 1 fully saturated rings. The second-order valence-corrected chi connectivity index (χ2v) is 10.2. The second kappa shape index (κ2) is 9.77. The van der Waals surface area contributed by atoms with Crippen molar-refractivity contribution in [3.8, 4) is 17.3 Å². The van der Waals surface area contributed by atoms with Crippen LogP contribution in [0.5, 0.6) is 0 Å². The van der Waals surface area contributed by atoms with E-state index in [9.17, 15) is 9.00 Å². The molecular formula is C23H24N6O2S2. The zero-order valence-corrected chi connectivity index (χ0v) is 20.0. The van der Waals surface area contributed by atoms with E-state index in [1.807, 2.05) is 37.4 Å². The first-order valence-corrected chi connectivity index (χ1v) is 12.9. The molecular weight excluding hydrogens is 456 g/mol. The Morgan fingerprint density at radius 1 is 1.21 bits per heavy atom. The Labute approximate surface area is 199 Å². The molecule has 1 saturated carbocycles. The first-order chi connectivity index (χ1) is 16.0. The van der Waals surface area contributed by atoms with E-state index in [0.717, 1.165) is 18.4 Å². The van der Waals surface area contributed by atoms with E-state index in [4.69, 9.17) is 5.26 Å². The number of benzene rings is 1. The molecule has 0 saturated heterocycles. The number of carbonyl (C=O) groups excluding carboxylic acids is 1. The highest BCUT2D eigenvalue weighted by Gasteiger charge is 2.39. The van der Waals surface area contributed by atoms with Crippen molar-refractivity contribution < 1.29 is 9.00 Å². The number of aromatic nitrogens is 3. The summed E-state index contributed by atoms with van der Waals surface area (Å²) in [5.41, 5.74) is 2.19. The van der Waals surface area contributed by atoms with Crippen LogP contribution in [0.3, 0.4) is 0 Å². The molecule has 170 valence electrons. The molecule has 1 atom stereocenters. The maximum absolute atomic E-state index is 13.4. The second-order valence-electron chi connectivity index (χ2n) is 7.86. The van der Waals surface area contributed by atoms with E-state index >= 15 is 0 Å². The smallest absolute Gasteiger partial charge is 0.236 e. The summed E-state index contributed by atoms with van der Waals surface area (Å²) >= 11 is 1.38. The number of nitriles is 1. The minimum Gasteiger partial charge on any atom is -0.325 e. The van der Waals surface area contributed by atoms with Gasteiger partial charge in [0, 0.05) is 16.6 Å². The summed E-state index contributed by atoms with van der Waals surface area (Å²) in [6.45, 7) is 3.95. The maximum atomic E-state index is 13.4. The number of rotatable bonds is 9. The van der Waals surface area contributed by atoms with Gasteiger partial charge in [-0.05, 0) is 37.8 Å². The predicted octanol–water partition coefficient (Wildman–Crippen LogP) is 4.41. The van der Waals surface area contributed by atoms with Crippen molar-refractivity contribution in [3.05, 3.63) is 53.4 Å². The molecule has 4 rings (SSSR count). The van der Waals surface area contributed by atoms with Gasteiger partial charge in [0.2, 0.25) is 5.91 Å². The Morgan fingerprint density at radius 2 is 1.94 bits per heavy atom. The van der Waals surface area contributed by atoms with E-state index < -0.39 is 16.4 Å². The molecule has 1 amide bonds. The van der Waals surface area contributed by atoms with E-state index in [0.29, 0.717) is 35.0 Å². The molecule has 2 heterocycles. The van der Waals surface area contributed by atoms with Gasteiger partial charge in [-0.2, -0.15) is 5.26 Å². The lowest BCUT2D eigenvalue weighted by molar-refractivity contribution is -0.122. The van der Waals surface area contributed by atoms with Crippen LogP contribution in [0.15, 0.2) is 42.0 Å². The third-order valence-corrected chi connectivity index (χ3v) is 8.20. The van der Waals surface area contributed by atoms with Gasteiger partial charge in [0.25, 0.3) is 0 Å². The number of amides is 1. The highest BCUT2D eigenvalue weighted by atomic mass is 32.2. The molecule has 0 spiro atoms. The van der Waals surface area contributed by atoms with Crippen molar-refractivity contribution in [2.75, 3.05) is 10.0 Å². The fourth-order valence-corrected chi connectivity index (χ4v) is 5.62. The zero-order chi connectivity index (χ0) is 23.4. The van der Waals surface area contributed by atoms with Crippen LogP contribution in [0.1, 0.15) is 50.9 Å². The zero-order valence-electron chi connectivity index (χ0n) is 18.4. The lowest BCUT2D eigenvalue weighted by Gasteiger charge is -2.28. The largest absolute Gasteiger partial charge is 0.325 e. The number of hydrogen-bond donors (Lipinski definition) is 2. The summed E-state index contributed by atoms with van der Waals surface area (Å²) in [5.74, 6) is -0.133. The number of nitrogens with zero attached hydrogens (tertiary/aromatic N) is 4. The summed E-state index contributed by atoms with van der Waals surface area (Å²) in [7, 11) is -1.12. The van der Waals surface area contributed by atoms with Gasteiger partial charge in [0.15, 0.2) is 10.8 Å². The minimum absolute atomic E-state index is 0.133. The summed E-state index contributed by atoms with van der Waals surface area (Å²) in [4.78, 5) is 26.3. The number of thiazole rings is 1. The van der Waals surface area contributed by atoms with Crippen molar-refractivity contribution in [2.24, 2.45) is 0 Å². The van der Waals surface area contributed by atoms with Crippen LogP contribution >= 0.6 is 11.3 Å². The molecule has 1 unspecified atom stereocenters. The molecule has 0 bridgehead atoms. The van der Waals surface area contributed by atoms with Crippen LogP contribution in [0.25, 0.3) is 11.3 Å². The molecule has 1 aliphatic rings. The van der Waals surface area contributed by atoms with Crippen molar-refractivity contribution in [3.63, 3.8) is 0 Å². The van der Waals surface area contributed by atoms with Crippen LogP contribution in [0, 0.1) is 11.3 Å². The summed E-state index contributed by atoms with van der Waals surface area (Å²) in [6.07, 6.45) is 6.12. The van der Waals surface area contributed by atoms with Gasteiger partial charge in [-0.3, -0.25) is 14.5 Å². The van der Waals surface area contributed by atoms with E-state index in [1.54, 1.807) is 18.3 Å². The highest BCUT2D eigenvalue weighted by molar-refractivity contribution is 7.87. The van der Waals surface area contributed by atoms with Crippen molar-refractivity contribution in [1.82, 2.24) is 15.0 Å². The van der Waals surface area contributed by atoms with E-state index in [-0.39, 0.29) is 16.9 Å². The van der Waals surface area contributed by atoms with Crippen LogP contribution in [0.4, 0.5) is 10.8 Å². The lowest BCUT2D eigenvalue weighted by Crippen LogP contribution is -2.39. The average molecular weight is 481 g/mol. The molecule has 0 radical (unpaired) electrons. The lowest BCUT2D eigenvalue weighted by atomic mass is 9.78. The minimum atomic E-state index is -1.12. The normalized spacial score (nSPS) is 14.3. The van der Waals surface area contributed by atoms with E-state index in [1.165, 1.54) is 17.5 Å². The Kier molecular flexibility index (Phi) is 6.81. The van der Waals surface area contributed by atoms with Gasteiger partial charge < -0.3 is 5.32 Å². The standard InChI is InChI=1S/C23H24N6O2S2/c1-3-23(4-2,20-14-32-22(28-20)29-33(31)18-9-10-18)21(30)27-16-7-5-15(6-8-16)19-13-25-12-17(11-24)26-19/h5-8,12-14,18H,3-4,9-10H2,1-2H3,(H,27,30)(H,28,29). The molecule has 8 nitrogen and oxygen atoms in total. The number of nitrogens with one attached hydrogen (secondary N) is 2. The monoisotopic (exact) mass is 480 g/mol. The quantitative estimate of drug-likeness (QED) is 0.468. The number of hydrogen-bond acceptors (Lipinski definition) is 7. The molecule has 0 aliphatic heterocycles. The Morgan fingerprint density at radius 3 is 2.58 bits per heavy atom. The molecule has 2 aromatic heterocycles. The average Bonchev–Trinajstić information content (AvgIpc) is 3.60. The Balaban J connectivity index is 1.50. The topological polar surface area (TPSA) is 121 Å². The Hall–Kier alpha value is -3.16. The van der Waals surface area contributed by atoms with Crippen molar-refractivity contribution in [2.45, 2.75) is 50.2 Å². The third-order valence-electron chi connectivity index (χ3n) is 5.84. The van der Waals surface area contributed by atoms with Crippen LogP contribution < -0.4 is 10.0 Å². The van der Waals surface area contributed by atoms with Crippen LogP contribution in [-0.4, -0.2) is 30.3 Å². The van der Waals surface area contributed by atoms with Gasteiger partial charge in [-0.25, -0.2) is 14.2 Å². The Bertz CT molecular complexity index is 1210. The third kappa shape index (κ3) is 4.94. The predicted molar refractivity (Wildman–Crippen MR) is 130 cm³/mol. The fraction of sp³-hybridized carbons (Fsp3) is 0.348. The molecule has 1 aromatic carbocycles. The van der Waals surface area contributed by atoms with Gasteiger partial charge in [0.1, 0.15) is 17.1 Å². The summed E-state index contributed by atoms with van der Waals surface area (Å²) < 4.78 is 15.2. The maximum Gasteiger partial charge on any atom is 0.236 e. The van der Waals surface area contributed by atoms with Crippen LogP contribution in [0.2, 0.25) is 0 Å². The molecule has 2 N–H and O–H groups in total. The van der Waals surface area contributed by atoms with Gasteiger partial charge in [-0.1, -0.05) is 26.0 Å². The number of anilines is 2. The van der Waals surface area contributed by atoms with Gasteiger partial charge in [0.05, 0.1) is 34.4 Å². The van der Waals surface area contributed by atoms with Gasteiger partial charge in [-0.15, -0.1) is 11.3 Å². The molecule has 1 aliphatic carbocycles. The van der Waals surface area contributed by atoms with Crippen LogP contribution in [-0.2, 0) is 21.2 Å². The number of carbonyl (C=O) groups is 1. The first kappa shape index (κ1) is 23.0. The summed E-state index contributed by atoms with van der Waals surface area (Å²) in [5, 5.41) is 14.7. The van der Waals surface area contributed by atoms with Crippen molar-refractivity contribution in [1.29, 1.82) is 5.26 Å². The molecule has 3 aromatic rings. The molecule has 10 heteroatoms. The van der Waals surface area contributed by atoms with Crippen molar-refractivity contribution >= 4 is 39.0 Å². The first-order valence-electron chi connectivity index (χ1n) is 10.8. The summed E-state index contributed by atoms with van der Waals surface area (Å²) in [6, 6.07) is 9.25. The van der Waals surface area contributed by atoms with Gasteiger partial charge >= 0.3 is 0 Å². The fourth-order valence-electron chi connectivity index (χ4n) is 3.58. The van der Waals surface area contributed by atoms with E-state index in [2.05, 4.69) is 25.0 Å². The molecule has 33 heavy (non-hydrogen) atoms. The highest BCUT2D eigenvalue weighted by Crippen LogP contribution is 2.36. The SMILES string of the molecule is CCC(CC)(C(=O)Nc1ccc(-c2cncc(C#N)n2)cc1)c1csc(NS(=O)C2CC2)n1.